The summed E-state index contributed by atoms with van der Waals surface area (Å²) in [5, 5.41) is 11.2. The van der Waals surface area contributed by atoms with Gasteiger partial charge in [0.15, 0.2) is 0 Å². The van der Waals surface area contributed by atoms with Crippen molar-refractivity contribution in [1.82, 2.24) is 4.98 Å². The monoisotopic (exact) mass is 420 g/mol. The number of hydrogen-bond acceptors (Lipinski definition) is 3. The molecule has 0 amide bonds. The molecule has 1 aromatic heterocycles. The Kier molecular flexibility index (Phi) is 5.58. The van der Waals surface area contributed by atoms with Gasteiger partial charge in [0.25, 0.3) is 0 Å². The Bertz CT molecular complexity index is 1130. The van der Waals surface area contributed by atoms with E-state index in [4.69, 9.17) is 32.9 Å². The van der Waals surface area contributed by atoms with Gasteiger partial charge in [0.05, 0.1) is 12.8 Å². The van der Waals surface area contributed by atoms with Crippen LogP contribution in [-0.4, -0.2) is 12.1 Å². The minimum Gasteiger partial charge on any atom is -0.480 e. The summed E-state index contributed by atoms with van der Waals surface area (Å²) in [6, 6.07) is 17.6. The number of methoxy groups -OCH3 is 1. The molecule has 1 aliphatic rings. The summed E-state index contributed by atoms with van der Waals surface area (Å²) in [6.45, 7) is 0. The molecule has 0 atom stereocenters. The molecule has 0 bridgehead atoms. The second-order valence-corrected chi connectivity index (χ2v) is 7.76. The lowest BCUT2D eigenvalue weighted by Crippen LogP contribution is -2.10. The molecule has 5 heteroatoms. The summed E-state index contributed by atoms with van der Waals surface area (Å²) in [5.74, 6) is 0.347. The highest BCUT2D eigenvalue weighted by Gasteiger charge is 2.26. The summed E-state index contributed by atoms with van der Waals surface area (Å²) < 4.78 is 5.50. The molecule has 3 nitrogen and oxygen atoms in total. The first-order valence-electron chi connectivity index (χ1n) is 9.34. The lowest BCUT2D eigenvalue weighted by atomic mass is 9.84. The fraction of sp³-hybridized carbons (Fsp3) is 0.167. The summed E-state index contributed by atoms with van der Waals surface area (Å²) >= 11 is 12.1. The average Bonchev–Trinajstić information content (AvgIpc) is 2.75. The Hall–Kier alpha value is -2.80. The highest BCUT2D eigenvalue weighted by Crippen LogP contribution is 2.41. The van der Waals surface area contributed by atoms with Gasteiger partial charge >= 0.3 is 0 Å². The van der Waals surface area contributed by atoms with Crippen LogP contribution in [0, 0.1) is 11.3 Å². The van der Waals surface area contributed by atoms with Gasteiger partial charge in [-0.05, 0) is 71.9 Å². The van der Waals surface area contributed by atoms with Crippen LogP contribution in [0.5, 0.6) is 5.88 Å². The molecule has 0 saturated carbocycles. The number of pyridine rings is 1. The van der Waals surface area contributed by atoms with E-state index in [0.29, 0.717) is 21.5 Å². The van der Waals surface area contributed by atoms with Gasteiger partial charge in [-0.3, -0.25) is 0 Å². The van der Waals surface area contributed by atoms with Crippen molar-refractivity contribution in [2.24, 2.45) is 0 Å². The Morgan fingerprint density at radius 2 is 1.66 bits per heavy atom. The van der Waals surface area contributed by atoms with Crippen LogP contribution in [0.1, 0.15) is 35.2 Å². The lowest BCUT2D eigenvalue weighted by molar-refractivity contribution is 0.395. The van der Waals surface area contributed by atoms with Gasteiger partial charge in [-0.15, -0.1) is 0 Å². The van der Waals surface area contributed by atoms with E-state index in [1.54, 1.807) is 7.11 Å². The molecule has 0 spiro atoms. The fourth-order valence-corrected chi connectivity index (χ4v) is 4.02. The predicted molar refractivity (Wildman–Crippen MR) is 118 cm³/mol. The number of nitrogens with zero attached hydrogens (tertiary/aromatic N) is 2. The number of hydrogen-bond donors (Lipinski definition) is 0. The van der Waals surface area contributed by atoms with Crippen LogP contribution in [0.15, 0.2) is 48.5 Å². The Labute approximate surface area is 180 Å². The van der Waals surface area contributed by atoms with Gasteiger partial charge in [-0.25, -0.2) is 4.98 Å². The quantitative estimate of drug-likeness (QED) is 0.467. The summed E-state index contributed by atoms with van der Waals surface area (Å²) in [6.07, 6.45) is 4.90. The number of benzene rings is 2. The number of ether oxygens (including phenoxy) is 1. The number of aromatic nitrogens is 1. The number of allylic oxidation sites excluding steroid dienone is 1. The van der Waals surface area contributed by atoms with E-state index < -0.39 is 0 Å². The predicted octanol–water partition coefficient (Wildman–Crippen LogP) is 6.81. The smallest absolute Gasteiger partial charge is 0.232 e. The van der Waals surface area contributed by atoms with Crippen molar-refractivity contribution in [1.29, 1.82) is 5.26 Å². The van der Waals surface area contributed by atoms with E-state index in [-0.39, 0.29) is 0 Å². The molecule has 1 aliphatic carbocycles. The highest BCUT2D eigenvalue weighted by molar-refractivity contribution is 6.30. The minimum absolute atomic E-state index is 0.347. The van der Waals surface area contributed by atoms with Crippen LogP contribution in [0.4, 0.5) is 0 Å². The highest BCUT2D eigenvalue weighted by atomic mass is 35.5. The summed E-state index contributed by atoms with van der Waals surface area (Å²) in [7, 11) is 1.55. The molecular weight excluding hydrogens is 403 g/mol. The zero-order chi connectivity index (χ0) is 20.4. The van der Waals surface area contributed by atoms with Crippen molar-refractivity contribution in [3.8, 4) is 23.1 Å². The van der Waals surface area contributed by atoms with Gasteiger partial charge in [0.2, 0.25) is 5.88 Å². The molecular formula is C24H18Cl2N2O. The van der Waals surface area contributed by atoms with E-state index in [1.807, 2.05) is 48.5 Å². The van der Waals surface area contributed by atoms with Crippen molar-refractivity contribution in [2.75, 3.05) is 7.11 Å². The standard InChI is InChI=1S/C24H18Cl2N2O/c1-29-24-21(14-27)22(16-7-11-19(26)12-8-16)20-4-2-3-17(23(20)28-24)13-15-5-9-18(25)10-6-15/h5-13H,2-4H2,1H3/b17-13+. The minimum atomic E-state index is 0.347. The molecule has 0 unspecified atom stereocenters. The van der Waals surface area contributed by atoms with Crippen LogP contribution < -0.4 is 4.74 Å². The van der Waals surface area contributed by atoms with Gasteiger partial charge in [0, 0.05) is 15.6 Å². The van der Waals surface area contributed by atoms with Gasteiger partial charge in [-0.2, -0.15) is 5.26 Å². The van der Waals surface area contributed by atoms with Gasteiger partial charge in [0.1, 0.15) is 11.6 Å². The van der Waals surface area contributed by atoms with Crippen molar-refractivity contribution in [3.05, 3.63) is 81.0 Å². The summed E-state index contributed by atoms with van der Waals surface area (Å²) in [4.78, 5) is 4.74. The van der Waals surface area contributed by atoms with Crippen LogP contribution in [0.2, 0.25) is 10.0 Å². The van der Waals surface area contributed by atoms with Crippen LogP contribution >= 0.6 is 23.2 Å². The molecule has 144 valence electrons. The molecule has 0 fully saturated rings. The average molecular weight is 421 g/mol. The van der Waals surface area contributed by atoms with Crippen molar-refractivity contribution in [3.63, 3.8) is 0 Å². The van der Waals surface area contributed by atoms with E-state index in [9.17, 15) is 5.26 Å². The maximum atomic E-state index is 9.85. The third kappa shape index (κ3) is 3.87. The second kappa shape index (κ2) is 8.29. The largest absolute Gasteiger partial charge is 0.480 e. The van der Waals surface area contributed by atoms with Crippen molar-refractivity contribution >= 4 is 34.9 Å². The Balaban J connectivity index is 1.95. The third-order valence-electron chi connectivity index (χ3n) is 5.09. The van der Waals surface area contributed by atoms with E-state index in [2.05, 4.69) is 12.1 Å². The van der Waals surface area contributed by atoms with Crippen LogP contribution in [0.25, 0.3) is 22.8 Å². The van der Waals surface area contributed by atoms with Gasteiger partial charge in [-0.1, -0.05) is 47.5 Å². The van der Waals surface area contributed by atoms with Crippen LogP contribution in [-0.2, 0) is 6.42 Å². The zero-order valence-electron chi connectivity index (χ0n) is 15.9. The van der Waals surface area contributed by atoms with E-state index >= 15 is 0 Å². The van der Waals surface area contributed by atoms with Gasteiger partial charge < -0.3 is 4.74 Å². The number of halogens is 2. The molecule has 1 heterocycles. The first-order valence-corrected chi connectivity index (χ1v) is 10.1. The topological polar surface area (TPSA) is 45.9 Å². The molecule has 2 aromatic carbocycles. The normalized spacial score (nSPS) is 14.3. The molecule has 0 aliphatic heterocycles. The Morgan fingerprint density at radius 1 is 1.00 bits per heavy atom. The second-order valence-electron chi connectivity index (χ2n) is 6.89. The first kappa shape index (κ1) is 19.5. The fourth-order valence-electron chi connectivity index (χ4n) is 3.77. The van der Waals surface area contributed by atoms with Crippen molar-refractivity contribution < 1.29 is 4.74 Å². The SMILES string of the molecule is COc1nc2c(c(-c3ccc(Cl)cc3)c1C#N)CCC/C2=C\c1ccc(Cl)cc1. The third-order valence-corrected chi connectivity index (χ3v) is 5.59. The maximum absolute atomic E-state index is 9.85. The molecule has 0 radical (unpaired) electrons. The molecule has 29 heavy (non-hydrogen) atoms. The van der Waals surface area contributed by atoms with E-state index in [0.717, 1.165) is 52.8 Å². The molecule has 0 N–H and O–H groups in total. The first-order chi connectivity index (χ1) is 14.1. The lowest BCUT2D eigenvalue weighted by Gasteiger charge is -2.23. The zero-order valence-corrected chi connectivity index (χ0v) is 17.4. The number of fused-ring (bicyclic) bond motifs is 1. The molecule has 0 saturated heterocycles. The van der Waals surface area contributed by atoms with Crippen LogP contribution in [0.3, 0.4) is 0 Å². The molecule has 4 rings (SSSR count). The molecule has 3 aromatic rings. The van der Waals surface area contributed by atoms with E-state index in [1.165, 1.54) is 0 Å². The summed E-state index contributed by atoms with van der Waals surface area (Å²) in [5.41, 5.74) is 6.45. The number of rotatable bonds is 3. The Morgan fingerprint density at radius 3 is 2.28 bits per heavy atom. The van der Waals surface area contributed by atoms with Crippen molar-refractivity contribution in [2.45, 2.75) is 19.3 Å². The maximum Gasteiger partial charge on any atom is 0.232 e. The number of nitriles is 1.